The zero-order valence-corrected chi connectivity index (χ0v) is 12.7. The van der Waals surface area contributed by atoms with Gasteiger partial charge in [-0.25, -0.2) is 4.98 Å². The molecule has 4 nitrogen and oxygen atoms in total. The number of aromatic amines is 1. The van der Waals surface area contributed by atoms with Gasteiger partial charge in [-0.2, -0.15) is 0 Å². The van der Waals surface area contributed by atoms with Crippen molar-refractivity contribution in [3.63, 3.8) is 0 Å². The minimum absolute atomic E-state index is 0.144. The molecule has 0 fully saturated rings. The van der Waals surface area contributed by atoms with Crippen LogP contribution in [0.25, 0.3) is 0 Å². The van der Waals surface area contributed by atoms with Crippen molar-refractivity contribution >= 4 is 29.2 Å². The fourth-order valence-electron chi connectivity index (χ4n) is 1.83. The van der Waals surface area contributed by atoms with E-state index in [4.69, 9.17) is 17.3 Å². The molecule has 0 spiro atoms. The molecule has 0 bridgehead atoms. The summed E-state index contributed by atoms with van der Waals surface area (Å²) >= 11 is 7.60. The molecule has 106 valence electrons. The Labute approximate surface area is 126 Å². The van der Waals surface area contributed by atoms with Gasteiger partial charge in [0.25, 0.3) is 5.56 Å². The van der Waals surface area contributed by atoms with E-state index in [1.54, 1.807) is 0 Å². The molecule has 20 heavy (non-hydrogen) atoms. The molecule has 0 aliphatic carbocycles. The largest absolute Gasteiger partial charge is 0.383 e. The smallest absolute Gasteiger partial charge is 0.256 e. The summed E-state index contributed by atoms with van der Waals surface area (Å²) in [5.74, 6) is 1.41. The number of aromatic nitrogens is 2. The van der Waals surface area contributed by atoms with Crippen molar-refractivity contribution < 1.29 is 0 Å². The van der Waals surface area contributed by atoms with E-state index in [0.717, 1.165) is 11.3 Å². The summed E-state index contributed by atoms with van der Waals surface area (Å²) in [7, 11) is 0. The minimum Gasteiger partial charge on any atom is -0.383 e. The highest BCUT2D eigenvalue weighted by molar-refractivity contribution is 7.98. The number of benzene rings is 1. The second kappa shape index (κ2) is 6.81. The lowest BCUT2D eigenvalue weighted by molar-refractivity contribution is 0.874. The van der Waals surface area contributed by atoms with Gasteiger partial charge >= 0.3 is 0 Å². The van der Waals surface area contributed by atoms with Crippen LogP contribution < -0.4 is 11.3 Å². The third kappa shape index (κ3) is 3.55. The van der Waals surface area contributed by atoms with Gasteiger partial charge in [0, 0.05) is 4.90 Å². The zero-order chi connectivity index (χ0) is 14.5. The van der Waals surface area contributed by atoms with E-state index in [9.17, 15) is 4.79 Å². The van der Waals surface area contributed by atoms with Gasteiger partial charge in [0.2, 0.25) is 0 Å². The van der Waals surface area contributed by atoms with Crippen molar-refractivity contribution in [2.24, 2.45) is 0 Å². The number of nitrogen functional groups attached to an aromatic ring is 1. The number of nitrogens with zero attached hydrogens (tertiary/aromatic N) is 1. The van der Waals surface area contributed by atoms with E-state index in [-0.39, 0.29) is 5.56 Å². The third-order valence-electron chi connectivity index (χ3n) is 2.80. The minimum atomic E-state index is -0.144. The number of thioether (sulfide) groups is 1. The summed E-state index contributed by atoms with van der Waals surface area (Å²) in [6, 6.07) is 7.56. The van der Waals surface area contributed by atoms with Crippen LogP contribution in [0.1, 0.15) is 24.7 Å². The van der Waals surface area contributed by atoms with E-state index < -0.39 is 0 Å². The Kier molecular flexibility index (Phi) is 5.09. The van der Waals surface area contributed by atoms with Gasteiger partial charge in [0.15, 0.2) is 0 Å². The first-order valence-corrected chi connectivity index (χ1v) is 7.73. The van der Waals surface area contributed by atoms with Crippen LogP contribution in [0.5, 0.6) is 0 Å². The number of hydrogen-bond donors (Lipinski definition) is 2. The average molecular weight is 310 g/mol. The molecule has 0 aliphatic heterocycles. The molecular weight excluding hydrogens is 294 g/mol. The first-order chi connectivity index (χ1) is 9.61. The molecular formula is C14H16ClN3OS. The number of rotatable bonds is 5. The summed E-state index contributed by atoms with van der Waals surface area (Å²) in [5, 5.41) is 0.690. The summed E-state index contributed by atoms with van der Waals surface area (Å²) in [6.07, 6.45) is 1.51. The summed E-state index contributed by atoms with van der Waals surface area (Å²) in [5.41, 5.74) is 6.26. The maximum absolute atomic E-state index is 11.9. The van der Waals surface area contributed by atoms with E-state index >= 15 is 0 Å². The van der Waals surface area contributed by atoms with E-state index in [1.165, 1.54) is 11.8 Å². The summed E-state index contributed by atoms with van der Waals surface area (Å²) in [4.78, 5) is 19.9. The monoisotopic (exact) mass is 309 g/mol. The van der Waals surface area contributed by atoms with E-state index in [1.807, 2.05) is 31.2 Å². The van der Waals surface area contributed by atoms with E-state index in [0.29, 0.717) is 34.4 Å². The zero-order valence-electron chi connectivity index (χ0n) is 11.1. The van der Waals surface area contributed by atoms with Gasteiger partial charge in [0.1, 0.15) is 11.6 Å². The number of hydrogen-bond acceptors (Lipinski definition) is 4. The summed E-state index contributed by atoms with van der Waals surface area (Å²) < 4.78 is 0. The topological polar surface area (TPSA) is 71.8 Å². The number of H-pyrrole nitrogens is 1. The van der Waals surface area contributed by atoms with E-state index in [2.05, 4.69) is 9.97 Å². The van der Waals surface area contributed by atoms with Gasteiger partial charge in [-0.3, -0.25) is 4.79 Å². The van der Waals surface area contributed by atoms with Crippen LogP contribution in [0.4, 0.5) is 5.82 Å². The van der Waals surface area contributed by atoms with Crippen LogP contribution in [-0.2, 0) is 12.2 Å². The molecule has 3 N–H and O–H groups in total. The van der Waals surface area contributed by atoms with Crippen molar-refractivity contribution in [2.75, 3.05) is 5.73 Å². The molecule has 1 aromatic carbocycles. The Bertz CT molecular complexity index is 657. The molecule has 0 amide bonds. The van der Waals surface area contributed by atoms with Gasteiger partial charge < -0.3 is 10.7 Å². The number of nitrogens with two attached hydrogens (primary N) is 1. The van der Waals surface area contributed by atoms with Crippen LogP contribution in [0, 0.1) is 0 Å². The Morgan fingerprint density at radius 3 is 2.80 bits per heavy atom. The quantitative estimate of drug-likeness (QED) is 0.832. The highest BCUT2D eigenvalue weighted by atomic mass is 35.5. The average Bonchev–Trinajstić information content (AvgIpc) is 2.42. The molecule has 6 heteroatoms. The van der Waals surface area contributed by atoms with Crippen LogP contribution in [0.15, 0.2) is 34.0 Å². The molecule has 1 heterocycles. The second-order valence-electron chi connectivity index (χ2n) is 4.35. The van der Waals surface area contributed by atoms with Crippen LogP contribution in [0.3, 0.4) is 0 Å². The molecule has 0 saturated heterocycles. The predicted octanol–water partition coefficient (Wildman–Crippen LogP) is 3.25. The molecule has 2 aromatic rings. The first-order valence-electron chi connectivity index (χ1n) is 6.36. The van der Waals surface area contributed by atoms with Crippen molar-refractivity contribution in [1.29, 1.82) is 0 Å². The lowest BCUT2D eigenvalue weighted by Crippen LogP contribution is -2.19. The fraction of sp³-hybridized carbons (Fsp3) is 0.286. The van der Waals surface area contributed by atoms with Crippen molar-refractivity contribution in [2.45, 2.75) is 30.4 Å². The molecule has 0 saturated carbocycles. The van der Waals surface area contributed by atoms with Gasteiger partial charge in [0.05, 0.1) is 16.3 Å². The highest BCUT2D eigenvalue weighted by Gasteiger charge is 2.09. The Balaban J connectivity index is 2.15. The Hall–Kier alpha value is -1.46. The number of nitrogens with one attached hydrogen (secondary N) is 1. The number of anilines is 1. The fourth-order valence-corrected chi connectivity index (χ4v) is 2.94. The molecule has 0 aliphatic rings. The van der Waals surface area contributed by atoms with Crippen LogP contribution >= 0.6 is 23.4 Å². The van der Waals surface area contributed by atoms with Gasteiger partial charge in [-0.1, -0.05) is 37.1 Å². The molecule has 0 atom stereocenters. The third-order valence-corrected chi connectivity index (χ3v) is 4.32. The molecule has 0 unspecified atom stereocenters. The maximum Gasteiger partial charge on any atom is 0.256 e. The second-order valence-corrected chi connectivity index (χ2v) is 5.77. The highest BCUT2D eigenvalue weighted by Crippen LogP contribution is 2.28. The van der Waals surface area contributed by atoms with Crippen LogP contribution in [-0.4, -0.2) is 9.97 Å². The molecule has 0 radical (unpaired) electrons. The van der Waals surface area contributed by atoms with Crippen molar-refractivity contribution in [3.8, 4) is 0 Å². The lowest BCUT2D eigenvalue weighted by Gasteiger charge is -2.07. The first kappa shape index (κ1) is 14.9. The van der Waals surface area contributed by atoms with Crippen LogP contribution in [0.2, 0.25) is 5.02 Å². The maximum atomic E-state index is 11.9. The van der Waals surface area contributed by atoms with Gasteiger partial charge in [-0.05, 0) is 18.6 Å². The Morgan fingerprint density at radius 2 is 2.15 bits per heavy atom. The molecule has 1 aromatic heterocycles. The lowest BCUT2D eigenvalue weighted by atomic mass is 10.2. The Morgan fingerprint density at radius 1 is 1.40 bits per heavy atom. The molecule has 2 rings (SSSR count). The SMILES string of the molecule is CCCc1c(N)nc(CSc2ccccc2Cl)[nH]c1=O. The number of halogens is 1. The van der Waals surface area contributed by atoms with Crippen molar-refractivity contribution in [3.05, 3.63) is 51.0 Å². The predicted molar refractivity (Wildman–Crippen MR) is 84.3 cm³/mol. The van der Waals surface area contributed by atoms with Crippen molar-refractivity contribution in [1.82, 2.24) is 9.97 Å². The standard InChI is InChI=1S/C14H16ClN3OS/c1-2-5-9-13(16)17-12(18-14(9)19)8-20-11-7-4-3-6-10(11)15/h3-4,6-7H,2,5,8H2,1H3,(H3,16,17,18,19). The van der Waals surface area contributed by atoms with Gasteiger partial charge in [-0.15, -0.1) is 11.8 Å². The summed E-state index contributed by atoms with van der Waals surface area (Å²) in [6.45, 7) is 2.00. The normalized spacial score (nSPS) is 10.7.